The van der Waals surface area contributed by atoms with Crippen molar-refractivity contribution in [3.8, 4) is 0 Å². The van der Waals surface area contributed by atoms with E-state index in [0.717, 1.165) is 21.0 Å². The van der Waals surface area contributed by atoms with Crippen molar-refractivity contribution in [3.05, 3.63) is 70.4 Å². The first-order chi connectivity index (χ1) is 13.6. The zero-order chi connectivity index (χ0) is 19.5. The lowest BCUT2D eigenvalue weighted by Crippen LogP contribution is -2.19. The Morgan fingerprint density at radius 3 is 2.54 bits per heavy atom. The summed E-state index contributed by atoms with van der Waals surface area (Å²) in [6, 6.07) is 16.6. The molecule has 140 valence electrons. The fourth-order valence-electron chi connectivity index (χ4n) is 2.89. The van der Waals surface area contributed by atoms with E-state index < -0.39 is 0 Å². The number of anilines is 3. The van der Waals surface area contributed by atoms with Gasteiger partial charge in [0.1, 0.15) is 0 Å². The molecule has 5 nitrogen and oxygen atoms in total. The number of thioether (sulfide) groups is 1. The van der Waals surface area contributed by atoms with E-state index in [4.69, 9.17) is 0 Å². The molecule has 0 bridgehead atoms. The minimum Gasteiger partial charge on any atom is -0.321 e. The Morgan fingerprint density at radius 1 is 1.07 bits per heavy atom. The largest absolute Gasteiger partial charge is 0.323 e. The number of hydrogen-bond acceptors (Lipinski definition) is 4. The maximum atomic E-state index is 12.3. The van der Waals surface area contributed by atoms with Gasteiger partial charge >= 0.3 is 6.03 Å². The number of fused-ring (bicyclic) bond motifs is 1. The average molecular weight is 408 g/mol. The van der Waals surface area contributed by atoms with Crippen LogP contribution in [0.3, 0.4) is 0 Å². The van der Waals surface area contributed by atoms with Crippen molar-refractivity contribution >= 4 is 63.7 Å². The molecule has 7 heteroatoms. The van der Waals surface area contributed by atoms with Crippen LogP contribution in [0, 0.1) is 0 Å². The monoisotopic (exact) mass is 407 g/mol. The molecule has 0 atom stereocenters. The normalized spacial score (nSPS) is 13.9. The van der Waals surface area contributed by atoms with Crippen LogP contribution in [0.15, 0.2) is 64.9 Å². The van der Waals surface area contributed by atoms with Gasteiger partial charge in [-0.3, -0.25) is 4.79 Å². The number of rotatable bonds is 4. The first-order valence-corrected chi connectivity index (χ1v) is 10.7. The van der Waals surface area contributed by atoms with Crippen LogP contribution in [-0.2, 0) is 4.79 Å². The molecule has 4 rings (SSSR count). The second-order valence-corrected chi connectivity index (χ2v) is 7.95. The number of carbonyl (C=O) groups is 2. The van der Waals surface area contributed by atoms with Gasteiger partial charge in [-0.1, -0.05) is 6.07 Å². The quantitative estimate of drug-likeness (QED) is 0.389. The SMILES string of the molecule is CSc1ccc(NC(=O)Nc2ccc3c(c2)/C(=C/c2cccs2)C(=O)N3)cc1. The Balaban J connectivity index is 1.51. The van der Waals surface area contributed by atoms with Gasteiger partial charge in [0.25, 0.3) is 5.91 Å². The van der Waals surface area contributed by atoms with E-state index >= 15 is 0 Å². The summed E-state index contributed by atoms with van der Waals surface area (Å²) in [5.41, 5.74) is 3.44. The first-order valence-electron chi connectivity index (χ1n) is 8.55. The summed E-state index contributed by atoms with van der Waals surface area (Å²) < 4.78 is 0. The molecule has 0 saturated heterocycles. The molecule has 3 N–H and O–H groups in total. The highest BCUT2D eigenvalue weighted by molar-refractivity contribution is 7.98. The van der Waals surface area contributed by atoms with Crippen LogP contribution >= 0.6 is 23.1 Å². The topological polar surface area (TPSA) is 70.2 Å². The Labute approximate surface area is 170 Å². The Kier molecular flexibility index (Phi) is 5.18. The number of hydrogen-bond donors (Lipinski definition) is 3. The standard InChI is InChI=1S/C21H17N3O2S2/c1-27-15-7-4-13(5-8-15)22-21(26)23-14-6-9-19-17(11-14)18(20(25)24-19)12-16-3-2-10-28-16/h2-12H,1H3,(H,24,25)(H2,22,23,26)/b18-12-. The predicted molar refractivity (Wildman–Crippen MR) is 118 cm³/mol. The molecule has 2 heterocycles. The van der Waals surface area contributed by atoms with Crippen molar-refractivity contribution in [1.29, 1.82) is 0 Å². The highest BCUT2D eigenvalue weighted by atomic mass is 32.2. The minimum absolute atomic E-state index is 0.140. The Morgan fingerprint density at radius 2 is 1.82 bits per heavy atom. The van der Waals surface area contributed by atoms with Gasteiger partial charge in [0.15, 0.2) is 0 Å². The smallest absolute Gasteiger partial charge is 0.321 e. The third-order valence-electron chi connectivity index (χ3n) is 4.24. The number of amides is 3. The van der Waals surface area contributed by atoms with E-state index in [1.54, 1.807) is 35.2 Å². The molecule has 1 aliphatic heterocycles. The van der Waals surface area contributed by atoms with Crippen molar-refractivity contribution < 1.29 is 9.59 Å². The molecule has 0 spiro atoms. The van der Waals surface area contributed by atoms with Crippen LogP contribution in [0.5, 0.6) is 0 Å². The fraction of sp³-hybridized carbons (Fsp3) is 0.0476. The second-order valence-electron chi connectivity index (χ2n) is 6.10. The molecule has 28 heavy (non-hydrogen) atoms. The summed E-state index contributed by atoms with van der Waals surface area (Å²) in [5, 5.41) is 10.5. The summed E-state index contributed by atoms with van der Waals surface area (Å²) in [4.78, 5) is 26.8. The van der Waals surface area contributed by atoms with E-state index in [2.05, 4.69) is 16.0 Å². The zero-order valence-electron chi connectivity index (χ0n) is 15.0. The molecule has 0 aliphatic carbocycles. The number of carbonyl (C=O) groups excluding carboxylic acids is 2. The van der Waals surface area contributed by atoms with E-state index in [1.165, 1.54) is 0 Å². The summed E-state index contributed by atoms with van der Waals surface area (Å²) in [6.07, 6.45) is 3.87. The van der Waals surface area contributed by atoms with Crippen LogP contribution in [0.25, 0.3) is 11.6 Å². The van der Waals surface area contributed by atoms with Gasteiger partial charge < -0.3 is 16.0 Å². The van der Waals surface area contributed by atoms with Crippen LogP contribution in [0.1, 0.15) is 10.4 Å². The van der Waals surface area contributed by atoms with Gasteiger partial charge in [-0.25, -0.2) is 4.79 Å². The Bertz CT molecular complexity index is 1060. The maximum Gasteiger partial charge on any atom is 0.323 e. The van der Waals surface area contributed by atoms with Crippen molar-refractivity contribution in [2.45, 2.75) is 4.90 Å². The van der Waals surface area contributed by atoms with Gasteiger partial charge in [-0.2, -0.15) is 0 Å². The summed E-state index contributed by atoms with van der Waals surface area (Å²) in [6.45, 7) is 0. The molecule has 0 unspecified atom stereocenters. The van der Waals surface area contributed by atoms with Gasteiger partial charge in [0, 0.05) is 32.4 Å². The molecule has 1 aromatic heterocycles. The van der Waals surface area contributed by atoms with Crippen LogP contribution < -0.4 is 16.0 Å². The van der Waals surface area contributed by atoms with Gasteiger partial charge in [-0.05, 0) is 66.2 Å². The fourth-order valence-corrected chi connectivity index (χ4v) is 3.96. The van der Waals surface area contributed by atoms with Crippen LogP contribution in [0.2, 0.25) is 0 Å². The molecule has 0 radical (unpaired) electrons. The highest BCUT2D eigenvalue weighted by Crippen LogP contribution is 2.35. The van der Waals surface area contributed by atoms with Gasteiger partial charge in [0.2, 0.25) is 0 Å². The van der Waals surface area contributed by atoms with Crippen LogP contribution in [0.4, 0.5) is 21.9 Å². The maximum absolute atomic E-state index is 12.3. The van der Waals surface area contributed by atoms with Crippen LogP contribution in [-0.4, -0.2) is 18.2 Å². The third-order valence-corrected chi connectivity index (χ3v) is 5.80. The average Bonchev–Trinajstić information content (AvgIpc) is 3.31. The number of benzene rings is 2. The van der Waals surface area contributed by atoms with Gasteiger partial charge in [-0.15, -0.1) is 23.1 Å². The molecule has 0 saturated carbocycles. The van der Waals surface area contributed by atoms with E-state index in [-0.39, 0.29) is 11.9 Å². The third kappa shape index (κ3) is 3.95. The van der Waals surface area contributed by atoms with Gasteiger partial charge in [0.05, 0.1) is 5.57 Å². The predicted octanol–water partition coefficient (Wildman–Crippen LogP) is 5.61. The summed E-state index contributed by atoms with van der Waals surface area (Å²) >= 11 is 3.21. The minimum atomic E-state index is -0.335. The van der Waals surface area contributed by atoms with E-state index in [0.29, 0.717) is 16.9 Å². The van der Waals surface area contributed by atoms with E-state index in [9.17, 15) is 9.59 Å². The lowest BCUT2D eigenvalue weighted by molar-refractivity contribution is -0.110. The number of thiophene rings is 1. The summed E-state index contributed by atoms with van der Waals surface area (Å²) in [5.74, 6) is -0.140. The first kappa shape index (κ1) is 18.3. The lowest BCUT2D eigenvalue weighted by atomic mass is 10.1. The molecular weight excluding hydrogens is 390 g/mol. The molecular formula is C21H17N3O2S2. The van der Waals surface area contributed by atoms with Crippen molar-refractivity contribution in [3.63, 3.8) is 0 Å². The zero-order valence-corrected chi connectivity index (χ0v) is 16.6. The summed E-state index contributed by atoms with van der Waals surface area (Å²) in [7, 11) is 0. The van der Waals surface area contributed by atoms with Crippen molar-refractivity contribution in [2.24, 2.45) is 0 Å². The molecule has 1 aliphatic rings. The molecule has 2 aromatic carbocycles. The van der Waals surface area contributed by atoms with Crippen molar-refractivity contribution in [1.82, 2.24) is 0 Å². The molecule has 3 aromatic rings. The Hall–Kier alpha value is -3.03. The highest BCUT2D eigenvalue weighted by Gasteiger charge is 2.24. The number of urea groups is 1. The van der Waals surface area contributed by atoms with Crippen molar-refractivity contribution in [2.75, 3.05) is 22.2 Å². The second kappa shape index (κ2) is 7.92. The molecule has 0 fully saturated rings. The lowest BCUT2D eigenvalue weighted by Gasteiger charge is -2.09. The van der Waals surface area contributed by atoms with E-state index in [1.807, 2.05) is 60.2 Å². The number of nitrogens with one attached hydrogen (secondary N) is 3. The molecule has 3 amide bonds.